The van der Waals surface area contributed by atoms with E-state index in [1.165, 1.54) is 0 Å². The van der Waals surface area contributed by atoms with Gasteiger partial charge in [-0.05, 0) is 53.5 Å². The summed E-state index contributed by atoms with van der Waals surface area (Å²) in [6.07, 6.45) is 0. The first-order valence-electron chi connectivity index (χ1n) is 9.17. The first kappa shape index (κ1) is 19.3. The van der Waals surface area contributed by atoms with E-state index in [0.29, 0.717) is 47.5 Å². The standard InChI is InChI=1S/C21H19BrN2O5/c1-3-25-18-6-11(5-14(22)20(18)26-4-2)19-12-7-16-17(28-10-27-16)8-15(12)29-21(24)13(19)9-23/h5-8,19H,3-4,10,24H2,1-2H3/t19-/m1/s1. The number of hydrogen-bond acceptors (Lipinski definition) is 7. The molecule has 0 spiro atoms. The Morgan fingerprint density at radius 2 is 1.83 bits per heavy atom. The zero-order chi connectivity index (χ0) is 20.5. The van der Waals surface area contributed by atoms with Crippen molar-refractivity contribution >= 4 is 15.9 Å². The Morgan fingerprint density at radius 3 is 2.52 bits per heavy atom. The second-order valence-electron chi connectivity index (χ2n) is 6.36. The molecular weight excluding hydrogens is 440 g/mol. The van der Waals surface area contributed by atoms with E-state index in [2.05, 4.69) is 22.0 Å². The van der Waals surface area contributed by atoms with Crippen LogP contribution in [0.25, 0.3) is 0 Å². The lowest BCUT2D eigenvalue weighted by Crippen LogP contribution is -2.21. The van der Waals surface area contributed by atoms with Crippen molar-refractivity contribution < 1.29 is 23.7 Å². The molecule has 0 unspecified atom stereocenters. The van der Waals surface area contributed by atoms with Crippen LogP contribution in [0.15, 0.2) is 40.2 Å². The fraction of sp³-hybridized carbons (Fsp3) is 0.286. The van der Waals surface area contributed by atoms with Crippen molar-refractivity contribution in [2.75, 3.05) is 20.0 Å². The van der Waals surface area contributed by atoms with Crippen molar-refractivity contribution in [3.8, 4) is 34.8 Å². The molecule has 29 heavy (non-hydrogen) atoms. The number of nitrogens with zero attached hydrogens (tertiary/aromatic N) is 1. The summed E-state index contributed by atoms with van der Waals surface area (Å²) in [5.74, 6) is 2.52. The number of nitriles is 1. The molecule has 0 aliphatic carbocycles. The summed E-state index contributed by atoms with van der Waals surface area (Å²) in [5, 5.41) is 9.80. The second-order valence-corrected chi connectivity index (χ2v) is 7.22. The molecule has 2 aromatic rings. The van der Waals surface area contributed by atoms with Crippen LogP contribution < -0.4 is 29.4 Å². The topological polar surface area (TPSA) is 96.0 Å². The van der Waals surface area contributed by atoms with Crippen molar-refractivity contribution in [3.63, 3.8) is 0 Å². The Kier molecular flexibility index (Phi) is 5.16. The van der Waals surface area contributed by atoms with E-state index in [1.54, 1.807) is 6.07 Å². The average Bonchev–Trinajstić information content (AvgIpc) is 3.15. The molecule has 0 saturated heterocycles. The summed E-state index contributed by atoms with van der Waals surface area (Å²) in [6.45, 7) is 4.92. The van der Waals surface area contributed by atoms with Crippen molar-refractivity contribution in [2.24, 2.45) is 5.73 Å². The quantitative estimate of drug-likeness (QED) is 0.716. The van der Waals surface area contributed by atoms with Gasteiger partial charge >= 0.3 is 0 Å². The van der Waals surface area contributed by atoms with Crippen LogP contribution >= 0.6 is 15.9 Å². The Bertz CT molecular complexity index is 1040. The molecule has 0 fully saturated rings. The molecule has 0 bridgehead atoms. The number of rotatable bonds is 5. The first-order valence-corrected chi connectivity index (χ1v) is 9.96. The smallest absolute Gasteiger partial charge is 0.231 e. The van der Waals surface area contributed by atoms with Gasteiger partial charge in [0, 0.05) is 11.6 Å². The number of benzene rings is 2. The number of halogens is 1. The largest absolute Gasteiger partial charge is 0.490 e. The fourth-order valence-electron chi connectivity index (χ4n) is 3.49. The number of nitrogens with two attached hydrogens (primary N) is 1. The maximum absolute atomic E-state index is 9.80. The average molecular weight is 459 g/mol. The molecule has 0 amide bonds. The van der Waals surface area contributed by atoms with Crippen LogP contribution in [0.5, 0.6) is 28.7 Å². The maximum Gasteiger partial charge on any atom is 0.231 e. The van der Waals surface area contributed by atoms with Gasteiger partial charge in [-0.15, -0.1) is 0 Å². The van der Waals surface area contributed by atoms with E-state index in [4.69, 9.17) is 29.4 Å². The van der Waals surface area contributed by atoms with E-state index in [1.807, 2.05) is 32.0 Å². The Morgan fingerprint density at radius 1 is 1.10 bits per heavy atom. The van der Waals surface area contributed by atoms with Crippen LogP contribution in [0.3, 0.4) is 0 Å². The van der Waals surface area contributed by atoms with Crippen LogP contribution in [0.2, 0.25) is 0 Å². The van der Waals surface area contributed by atoms with Crippen LogP contribution in [0.4, 0.5) is 0 Å². The Labute approximate surface area is 176 Å². The Hall–Kier alpha value is -3.05. The molecule has 0 radical (unpaired) electrons. The number of fused-ring (bicyclic) bond motifs is 2. The highest BCUT2D eigenvalue weighted by molar-refractivity contribution is 9.10. The molecule has 2 heterocycles. The zero-order valence-corrected chi connectivity index (χ0v) is 17.5. The minimum absolute atomic E-state index is 0.0619. The number of ether oxygens (including phenoxy) is 5. The van der Waals surface area contributed by atoms with Crippen molar-refractivity contribution in [3.05, 3.63) is 51.3 Å². The molecule has 4 rings (SSSR count). The lowest BCUT2D eigenvalue weighted by atomic mass is 9.83. The molecule has 150 valence electrons. The van der Waals surface area contributed by atoms with Gasteiger partial charge < -0.3 is 29.4 Å². The van der Waals surface area contributed by atoms with Gasteiger partial charge in [-0.25, -0.2) is 0 Å². The van der Waals surface area contributed by atoms with Gasteiger partial charge in [0.15, 0.2) is 23.0 Å². The van der Waals surface area contributed by atoms with Gasteiger partial charge in [-0.3, -0.25) is 0 Å². The van der Waals surface area contributed by atoms with Gasteiger partial charge in [-0.2, -0.15) is 5.26 Å². The van der Waals surface area contributed by atoms with E-state index in [0.717, 1.165) is 15.6 Å². The van der Waals surface area contributed by atoms with Crippen LogP contribution in [0.1, 0.15) is 30.9 Å². The minimum atomic E-state index is -0.454. The van der Waals surface area contributed by atoms with E-state index in [9.17, 15) is 5.26 Å². The third-order valence-corrected chi connectivity index (χ3v) is 5.25. The lowest BCUT2D eigenvalue weighted by Gasteiger charge is -2.27. The summed E-state index contributed by atoms with van der Waals surface area (Å²) in [4.78, 5) is 0. The van der Waals surface area contributed by atoms with Gasteiger partial charge in [0.2, 0.25) is 12.7 Å². The number of allylic oxidation sites excluding steroid dienone is 1. The predicted octanol–water partition coefficient (Wildman–Crippen LogP) is 4.19. The van der Waals surface area contributed by atoms with E-state index in [-0.39, 0.29) is 12.7 Å². The molecule has 2 N–H and O–H groups in total. The fourth-order valence-corrected chi connectivity index (χ4v) is 4.07. The second kappa shape index (κ2) is 7.76. The summed E-state index contributed by atoms with van der Waals surface area (Å²) >= 11 is 3.57. The molecule has 7 nitrogen and oxygen atoms in total. The van der Waals surface area contributed by atoms with Crippen LogP contribution in [-0.2, 0) is 0 Å². The molecule has 2 aliphatic rings. The zero-order valence-electron chi connectivity index (χ0n) is 16.0. The minimum Gasteiger partial charge on any atom is -0.490 e. The van der Waals surface area contributed by atoms with Crippen molar-refractivity contribution in [1.82, 2.24) is 0 Å². The van der Waals surface area contributed by atoms with Crippen LogP contribution in [-0.4, -0.2) is 20.0 Å². The Balaban J connectivity index is 1.90. The highest BCUT2D eigenvalue weighted by atomic mass is 79.9. The molecule has 2 aromatic carbocycles. The predicted molar refractivity (Wildman–Crippen MR) is 108 cm³/mol. The van der Waals surface area contributed by atoms with Crippen molar-refractivity contribution in [2.45, 2.75) is 19.8 Å². The molecule has 1 atom stereocenters. The first-order chi connectivity index (χ1) is 14.1. The molecular formula is C21H19BrN2O5. The van der Waals surface area contributed by atoms with Gasteiger partial charge in [0.25, 0.3) is 0 Å². The molecule has 0 aromatic heterocycles. The van der Waals surface area contributed by atoms with E-state index >= 15 is 0 Å². The number of hydrogen-bond donors (Lipinski definition) is 1. The molecule has 0 saturated carbocycles. The monoisotopic (exact) mass is 458 g/mol. The van der Waals surface area contributed by atoms with Gasteiger partial charge in [0.1, 0.15) is 17.4 Å². The van der Waals surface area contributed by atoms with Gasteiger partial charge in [-0.1, -0.05) is 0 Å². The molecule has 8 heteroatoms. The summed E-state index contributed by atoms with van der Waals surface area (Å²) < 4.78 is 28.9. The third-order valence-electron chi connectivity index (χ3n) is 4.66. The normalized spacial score (nSPS) is 16.7. The van der Waals surface area contributed by atoms with E-state index < -0.39 is 5.92 Å². The maximum atomic E-state index is 9.80. The third kappa shape index (κ3) is 3.32. The van der Waals surface area contributed by atoms with Crippen LogP contribution in [0, 0.1) is 11.3 Å². The summed E-state index contributed by atoms with van der Waals surface area (Å²) in [5.41, 5.74) is 7.97. The highest BCUT2D eigenvalue weighted by Gasteiger charge is 2.34. The van der Waals surface area contributed by atoms with Gasteiger partial charge in [0.05, 0.1) is 23.6 Å². The highest BCUT2D eigenvalue weighted by Crippen LogP contribution is 2.49. The molecule has 2 aliphatic heterocycles. The van der Waals surface area contributed by atoms with Crippen molar-refractivity contribution in [1.29, 1.82) is 5.26 Å². The summed E-state index contributed by atoms with van der Waals surface area (Å²) in [6, 6.07) is 9.53. The SMILES string of the molecule is CCOc1cc([C@H]2C(C#N)=C(N)Oc3cc4c(cc32)OCO4)cc(Br)c1OCC. The summed E-state index contributed by atoms with van der Waals surface area (Å²) in [7, 11) is 0. The lowest BCUT2D eigenvalue weighted by molar-refractivity contribution is 0.174.